The zero-order chi connectivity index (χ0) is 13.5. The number of rotatable bonds is 7. The molecule has 0 fully saturated rings. The van der Waals surface area contributed by atoms with E-state index in [-0.39, 0.29) is 0 Å². The van der Waals surface area contributed by atoms with Gasteiger partial charge in [0.15, 0.2) is 0 Å². The van der Waals surface area contributed by atoms with Gasteiger partial charge in [0.1, 0.15) is 0 Å². The molecule has 0 radical (unpaired) electrons. The molecule has 1 N–H and O–H groups in total. The van der Waals surface area contributed by atoms with Crippen LogP contribution in [0.1, 0.15) is 42.4 Å². The van der Waals surface area contributed by atoms with Crippen LogP contribution >= 0.6 is 11.3 Å². The highest BCUT2D eigenvalue weighted by atomic mass is 32.1. The van der Waals surface area contributed by atoms with Crippen molar-refractivity contribution in [1.29, 1.82) is 0 Å². The number of hydrogen-bond donors (Lipinski definition) is 1. The first-order valence-corrected chi connectivity index (χ1v) is 7.92. The Balaban J connectivity index is 2.20. The molecule has 0 spiro atoms. The maximum atomic E-state index is 4.63. The number of nitrogens with one attached hydrogen (secondary N) is 1. The first-order valence-electron chi connectivity index (χ1n) is 7.04. The van der Waals surface area contributed by atoms with E-state index in [2.05, 4.69) is 47.7 Å². The van der Waals surface area contributed by atoms with Gasteiger partial charge in [0, 0.05) is 17.5 Å². The fraction of sp³-hybridized carbons (Fsp3) is 0.438. The van der Waals surface area contributed by atoms with Gasteiger partial charge < -0.3 is 5.32 Å². The Morgan fingerprint density at radius 3 is 2.84 bits per heavy atom. The first-order chi connectivity index (χ1) is 9.35. The fourth-order valence-electron chi connectivity index (χ4n) is 2.28. The van der Waals surface area contributed by atoms with E-state index in [4.69, 9.17) is 0 Å². The molecule has 0 bridgehead atoms. The van der Waals surface area contributed by atoms with Crippen LogP contribution in [0.25, 0.3) is 0 Å². The molecule has 0 aliphatic carbocycles. The molecule has 2 heterocycles. The monoisotopic (exact) mass is 274 g/mol. The zero-order valence-electron chi connectivity index (χ0n) is 11.7. The van der Waals surface area contributed by atoms with E-state index in [0.29, 0.717) is 6.04 Å². The maximum absolute atomic E-state index is 4.63. The average Bonchev–Trinajstić information content (AvgIpc) is 2.96. The molecule has 102 valence electrons. The lowest BCUT2D eigenvalue weighted by molar-refractivity contribution is 0.517. The van der Waals surface area contributed by atoms with E-state index in [0.717, 1.165) is 25.8 Å². The van der Waals surface area contributed by atoms with Crippen molar-refractivity contribution in [3.8, 4) is 0 Å². The second kappa shape index (κ2) is 7.41. The smallest absolute Gasteiger partial charge is 0.0608 e. The van der Waals surface area contributed by atoms with E-state index in [1.54, 1.807) is 0 Å². The summed E-state index contributed by atoms with van der Waals surface area (Å²) in [6, 6.07) is 8.88. The van der Waals surface area contributed by atoms with Gasteiger partial charge in [0.2, 0.25) is 0 Å². The van der Waals surface area contributed by atoms with Crippen LogP contribution in [0.5, 0.6) is 0 Å². The number of hydrogen-bond acceptors (Lipinski definition) is 3. The maximum Gasteiger partial charge on any atom is 0.0608 e. The molecule has 1 unspecified atom stereocenters. The topological polar surface area (TPSA) is 24.9 Å². The molecule has 0 aliphatic heterocycles. The van der Waals surface area contributed by atoms with E-state index in [9.17, 15) is 0 Å². The highest BCUT2D eigenvalue weighted by Crippen LogP contribution is 2.22. The van der Waals surface area contributed by atoms with Crippen molar-refractivity contribution in [3.05, 3.63) is 52.0 Å². The van der Waals surface area contributed by atoms with E-state index in [1.807, 2.05) is 23.6 Å². The summed E-state index contributed by atoms with van der Waals surface area (Å²) in [6.45, 7) is 5.44. The summed E-state index contributed by atoms with van der Waals surface area (Å²) in [7, 11) is 0. The molecule has 2 rings (SSSR count). The SMILES string of the molecule is CCCNC(Cc1cccs1)c1ncccc1CC. The van der Waals surface area contributed by atoms with E-state index >= 15 is 0 Å². The standard InChI is InChI=1S/C16H22N2S/c1-3-9-17-15(12-14-8-6-11-19-14)16-13(4-2)7-5-10-18-16/h5-8,10-11,15,17H,3-4,9,12H2,1-2H3. The van der Waals surface area contributed by atoms with Gasteiger partial charge in [0.25, 0.3) is 0 Å². The quantitative estimate of drug-likeness (QED) is 0.826. The average molecular weight is 274 g/mol. The Morgan fingerprint density at radius 1 is 1.26 bits per heavy atom. The van der Waals surface area contributed by atoms with Gasteiger partial charge in [-0.1, -0.05) is 26.0 Å². The lowest BCUT2D eigenvalue weighted by Gasteiger charge is -2.20. The van der Waals surface area contributed by atoms with Gasteiger partial charge in [-0.2, -0.15) is 0 Å². The van der Waals surface area contributed by atoms with Gasteiger partial charge in [-0.15, -0.1) is 11.3 Å². The fourth-order valence-corrected chi connectivity index (χ4v) is 3.03. The molecule has 1 atom stereocenters. The van der Waals surface area contributed by atoms with Gasteiger partial charge in [-0.3, -0.25) is 4.98 Å². The molecule has 2 nitrogen and oxygen atoms in total. The molecule has 19 heavy (non-hydrogen) atoms. The summed E-state index contributed by atoms with van der Waals surface area (Å²) in [5, 5.41) is 5.79. The molecule has 0 amide bonds. The Kier molecular flexibility index (Phi) is 5.55. The van der Waals surface area contributed by atoms with Crippen LogP contribution in [-0.2, 0) is 12.8 Å². The number of nitrogens with zero attached hydrogens (tertiary/aromatic N) is 1. The normalized spacial score (nSPS) is 12.5. The van der Waals surface area contributed by atoms with E-state index in [1.165, 1.54) is 16.1 Å². The molecule has 0 saturated carbocycles. The Bertz CT molecular complexity index is 479. The van der Waals surface area contributed by atoms with Crippen LogP contribution in [0.3, 0.4) is 0 Å². The molecule has 0 aliphatic rings. The first kappa shape index (κ1) is 14.2. The minimum absolute atomic E-state index is 0.328. The predicted molar refractivity (Wildman–Crippen MR) is 82.7 cm³/mol. The van der Waals surface area contributed by atoms with Crippen LogP contribution < -0.4 is 5.32 Å². The summed E-state index contributed by atoms with van der Waals surface area (Å²) in [6.07, 6.45) is 5.12. The predicted octanol–water partition coefficient (Wildman–Crippen LogP) is 3.99. The summed E-state index contributed by atoms with van der Waals surface area (Å²) < 4.78 is 0. The van der Waals surface area contributed by atoms with E-state index < -0.39 is 0 Å². The van der Waals surface area contributed by atoms with Crippen LogP contribution in [0.15, 0.2) is 35.8 Å². The van der Waals surface area contributed by atoms with Crippen molar-refractivity contribution in [1.82, 2.24) is 10.3 Å². The van der Waals surface area contributed by atoms with Crippen molar-refractivity contribution in [2.24, 2.45) is 0 Å². The summed E-state index contributed by atoms with van der Waals surface area (Å²) in [5.41, 5.74) is 2.57. The molecular weight excluding hydrogens is 252 g/mol. The lowest BCUT2D eigenvalue weighted by Crippen LogP contribution is -2.25. The molecule has 0 saturated heterocycles. The summed E-state index contributed by atoms with van der Waals surface area (Å²) in [4.78, 5) is 6.04. The minimum Gasteiger partial charge on any atom is -0.308 e. The third kappa shape index (κ3) is 3.88. The van der Waals surface area contributed by atoms with Gasteiger partial charge in [-0.25, -0.2) is 0 Å². The van der Waals surface area contributed by atoms with Gasteiger partial charge >= 0.3 is 0 Å². The Hall–Kier alpha value is -1.19. The second-order valence-electron chi connectivity index (χ2n) is 4.69. The number of thiophene rings is 1. The van der Waals surface area contributed by atoms with Crippen LogP contribution in [0.2, 0.25) is 0 Å². The summed E-state index contributed by atoms with van der Waals surface area (Å²) >= 11 is 1.83. The largest absolute Gasteiger partial charge is 0.308 e. The van der Waals surface area contributed by atoms with Gasteiger partial charge in [-0.05, 0) is 42.5 Å². The van der Waals surface area contributed by atoms with Crippen LogP contribution in [0, 0.1) is 0 Å². The van der Waals surface area contributed by atoms with Crippen molar-refractivity contribution >= 4 is 11.3 Å². The lowest BCUT2D eigenvalue weighted by atomic mass is 10.0. The molecular formula is C16H22N2S. The second-order valence-corrected chi connectivity index (χ2v) is 5.72. The van der Waals surface area contributed by atoms with Crippen molar-refractivity contribution in [2.75, 3.05) is 6.54 Å². The van der Waals surface area contributed by atoms with Crippen molar-refractivity contribution < 1.29 is 0 Å². The van der Waals surface area contributed by atoms with Crippen LogP contribution in [-0.4, -0.2) is 11.5 Å². The van der Waals surface area contributed by atoms with Crippen LogP contribution in [0.4, 0.5) is 0 Å². The minimum atomic E-state index is 0.328. The summed E-state index contributed by atoms with van der Waals surface area (Å²) in [5.74, 6) is 0. The highest BCUT2D eigenvalue weighted by Gasteiger charge is 2.16. The van der Waals surface area contributed by atoms with Crippen molar-refractivity contribution in [3.63, 3.8) is 0 Å². The van der Waals surface area contributed by atoms with Crippen molar-refractivity contribution in [2.45, 2.75) is 39.2 Å². The molecule has 3 heteroatoms. The molecule has 2 aromatic heterocycles. The Labute approximate surface area is 119 Å². The number of aryl methyl sites for hydroxylation is 1. The molecule has 2 aromatic rings. The third-order valence-electron chi connectivity index (χ3n) is 3.26. The Morgan fingerprint density at radius 2 is 2.16 bits per heavy atom. The zero-order valence-corrected chi connectivity index (χ0v) is 12.5. The van der Waals surface area contributed by atoms with Gasteiger partial charge in [0.05, 0.1) is 11.7 Å². The highest BCUT2D eigenvalue weighted by molar-refractivity contribution is 7.09. The molecule has 0 aromatic carbocycles. The third-order valence-corrected chi connectivity index (χ3v) is 4.16. The number of pyridine rings is 1. The number of aromatic nitrogens is 1.